The van der Waals surface area contributed by atoms with Crippen molar-refractivity contribution >= 4 is 29.2 Å². The molecule has 3 amide bonds. The SMILES string of the molecule is CNC(=O)c1ccc(CNC(=O)Nc2ccc(F)cc2Cl)cc1. The normalized spacial score (nSPS) is 10.0. The smallest absolute Gasteiger partial charge is 0.319 e. The van der Waals surface area contributed by atoms with Crippen molar-refractivity contribution in [2.45, 2.75) is 6.54 Å². The van der Waals surface area contributed by atoms with Gasteiger partial charge in [-0.3, -0.25) is 4.79 Å². The van der Waals surface area contributed by atoms with E-state index in [9.17, 15) is 14.0 Å². The molecule has 3 N–H and O–H groups in total. The van der Waals surface area contributed by atoms with Crippen LogP contribution in [0.2, 0.25) is 5.02 Å². The molecule has 120 valence electrons. The van der Waals surface area contributed by atoms with Crippen LogP contribution in [-0.2, 0) is 6.54 Å². The van der Waals surface area contributed by atoms with Crippen LogP contribution in [0.1, 0.15) is 15.9 Å². The van der Waals surface area contributed by atoms with Crippen LogP contribution in [0.5, 0.6) is 0 Å². The average Bonchev–Trinajstić information content (AvgIpc) is 2.55. The average molecular weight is 336 g/mol. The third kappa shape index (κ3) is 4.69. The van der Waals surface area contributed by atoms with E-state index in [2.05, 4.69) is 16.0 Å². The van der Waals surface area contributed by atoms with Crippen LogP contribution < -0.4 is 16.0 Å². The van der Waals surface area contributed by atoms with Gasteiger partial charge in [0, 0.05) is 19.2 Å². The van der Waals surface area contributed by atoms with Crippen LogP contribution >= 0.6 is 11.6 Å². The van der Waals surface area contributed by atoms with Crippen molar-refractivity contribution in [3.05, 3.63) is 64.4 Å². The lowest BCUT2D eigenvalue weighted by Gasteiger charge is -2.09. The van der Waals surface area contributed by atoms with Gasteiger partial charge in [0.1, 0.15) is 5.82 Å². The lowest BCUT2D eigenvalue weighted by Crippen LogP contribution is -2.28. The van der Waals surface area contributed by atoms with Gasteiger partial charge >= 0.3 is 6.03 Å². The van der Waals surface area contributed by atoms with E-state index in [1.165, 1.54) is 12.1 Å². The fourth-order valence-corrected chi connectivity index (χ4v) is 2.07. The number of benzene rings is 2. The lowest BCUT2D eigenvalue weighted by atomic mass is 10.1. The minimum atomic E-state index is -0.475. The van der Waals surface area contributed by atoms with Crippen molar-refractivity contribution in [3.8, 4) is 0 Å². The second kappa shape index (κ2) is 7.60. The maximum absolute atomic E-state index is 12.9. The summed E-state index contributed by atoms with van der Waals surface area (Å²) in [5, 5.41) is 7.83. The molecule has 7 heteroatoms. The van der Waals surface area contributed by atoms with E-state index in [4.69, 9.17) is 11.6 Å². The molecule has 0 aromatic heterocycles. The van der Waals surface area contributed by atoms with E-state index in [1.807, 2.05) is 0 Å². The first-order valence-electron chi connectivity index (χ1n) is 6.80. The molecule has 0 heterocycles. The van der Waals surface area contributed by atoms with Gasteiger partial charge in [0.25, 0.3) is 5.91 Å². The fourth-order valence-electron chi connectivity index (χ4n) is 1.86. The van der Waals surface area contributed by atoms with Gasteiger partial charge in [-0.05, 0) is 35.9 Å². The van der Waals surface area contributed by atoms with Crippen molar-refractivity contribution in [2.75, 3.05) is 12.4 Å². The molecule has 0 aliphatic rings. The van der Waals surface area contributed by atoms with Crippen molar-refractivity contribution in [3.63, 3.8) is 0 Å². The molecule has 0 radical (unpaired) electrons. The predicted octanol–water partition coefficient (Wildman–Crippen LogP) is 3.16. The molecule has 0 saturated heterocycles. The number of hydrogen-bond acceptors (Lipinski definition) is 2. The Morgan fingerprint density at radius 2 is 1.83 bits per heavy atom. The molecule has 0 aliphatic heterocycles. The Hall–Kier alpha value is -2.60. The van der Waals surface area contributed by atoms with Crippen LogP contribution in [0, 0.1) is 5.82 Å². The number of nitrogens with one attached hydrogen (secondary N) is 3. The maximum Gasteiger partial charge on any atom is 0.319 e. The van der Waals surface area contributed by atoms with Crippen LogP contribution in [0.4, 0.5) is 14.9 Å². The fraction of sp³-hybridized carbons (Fsp3) is 0.125. The highest BCUT2D eigenvalue weighted by Gasteiger charge is 2.07. The number of hydrogen-bond donors (Lipinski definition) is 3. The van der Waals surface area contributed by atoms with Gasteiger partial charge in [0.2, 0.25) is 0 Å². The minimum absolute atomic E-state index is 0.120. The molecule has 5 nitrogen and oxygen atoms in total. The van der Waals surface area contributed by atoms with E-state index in [0.29, 0.717) is 11.3 Å². The number of carbonyl (C=O) groups is 2. The van der Waals surface area contributed by atoms with Gasteiger partial charge < -0.3 is 16.0 Å². The van der Waals surface area contributed by atoms with E-state index >= 15 is 0 Å². The molecule has 23 heavy (non-hydrogen) atoms. The van der Waals surface area contributed by atoms with Crippen molar-refractivity contribution < 1.29 is 14.0 Å². The zero-order valence-corrected chi connectivity index (χ0v) is 13.1. The summed E-state index contributed by atoms with van der Waals surface area (Å²) in [7, 11) is 1.56. The van der Waals surface area contributed by atoms with Gasteiger partial charge in [-0.15, -0.1) is 0 Å². The lowest BCUT2D eigenvalue weighted by molar-refractivity contribution is 0.0963. The molecule has 0 bridgehead atoms. The molecule has 0 saturated carbocycles. The van der Waals surface area contributed by atoms with Crippen LogP contribution in [0.25, 0.3) is 0 Å². The first-order chi connectivity index (χ1) is 11.0. The zero-order chi connectivity index (χ0) is 16.8. The number of halogens is 2. The summed E-state index contributed by atoms with van der Waals surface area (Å²) in [6, 6.07) is 10.1. The highest BCUT2D eigenvalue weighted by atomic mass is 35.5. The quantitative estimate of drug-likeness (QED) is 0.803. The summed E-state index contributed by atoms with van der Waals surface area (Å²) in [6.07, 6.45) is 0. The number of carbonyl (C=O) groups excluding carboxylic acids is 2. The van der Waals surface area contributed by atoms with E-state index < -0.39 is 11.8 Å². The summed E-state index contributed by atoms with van der Waals surface area (Å²) in [4.78, 5) is 23.2. The van der Waals surface area contributed by atoms with Crippen LogP contribution in [0.15, 0.2) is 42.5 Å². The largest absolute Gasteiger partial charge is 0.355 e. The third-order valence-corrected chi connectivity index (χ3v) is 3.39. The Bertz CT molecular complexity index is 720. The summed E-state index contributed by atoms with van der Waals surface area (Å²) < 4.78 is 12.9. The molecule has 2 rings (SSSR count). The second-order valence-corrected chi connectivity index (χ2v) is 5.12. The summed E-state index contributed by atoms with van der Waals surface area (Å²) >= 11 is 5.83. The van der Waals surface area contributed by atoms with Gasteiger partial charge in [-0.1, -0.05) is 23.7 Å². The number of amides is 3. The molecule has 0 unspecified atom stereocenters. The summed E-state index contributed by atoms with van der Waals surface area (Å²) in [5.74, 6) is -0.648. The molecule has 2 aromatic carbocycles. The Morgan fingerprint density at radius 3 is 2.43 bits per heavy atom. The number of anilines is 1. The Kier molecular flexibility index (Phi) is 5.54. The first kappa shape index (κ1) is 16.8. The Balaban J connectivity index is 1.90. The second-order valence-electron chi connectivity index (χ2n) is 4.71. The molecule has 0 atom stereocenters. The molecule has 0 fully saturated rings. The molecule has 2 aromatic rings. The van der Waals surface area contributed by atoms with E-state index in [-0.39, 0.29) is 17.5 Å². The van der Waals surface area contributed by atoms with Crippen molar-refractivity contribution in [1.29, 1.82) is 0 Å². The van der Waals surface area contributed by atoms with E-state index in [1.54, 1.807) is 31.3 Å². The van der Waals surface area contributed by atoms with Gasteiger partial charge in [-0.2, -0.15) is 0 Å². The number of rotatable bonds is 4. The Labute approximate surface area is 137 Å². The highest BCUT2D eigenvalue weighted by molar-refractivity contribution is 6.33. The predicted molar refractivity (Wildman–Crippen MR) is 87.1 cm³/mol. The van der Waals surface area contributed by atoms with Gasteiger partial charge in [-0.25, -0.2) is 9.18 Å². The van der Waals surface area contributed by atoms with Crippen molar-refractivity contribution in [1.82, 2.24) is 10.6 Å². The van der Waals surface area contributed by atoms with E-state index in [0.717, 1.165) is 11.6 Å². The highest BCUT2D eigenvalue weighted by Crippen LogP contribution is 2.22. The summed E-state index contributed by atoms with van der Waals surface area (Å²) in [5.41, 5.74) is 1.69. The third-order valence-electron chi connectivity index (χ3n) is 3.08. The van der Waals surface area contributed by atoms with Gasteiger partial charge in [0.05, 0.1) is 10.7 Å². The molecular formula is C16H15ClFN3O2. The first-order valence-corrected chi connectivity index (χ1v) is 7.18. The summed E-state index contributed by atoms with van der Waals surface area (Å²) in [6.45, 7) is 0.276. The minimum Gasteiger partial charge on any atom is -0.355 e. The molecule has 0 aliphatic carbocycles. The Morgan fingerprint density at radius 1 is 1.13 bits per heavy atom. The number of urea groups is 1. The maximum atomic E-state index is 12.9. The monoisotopic (exact) mass is 335 g/mol. The molecule has 0 spiro atoms. The van der Waals surface area contributed by atoms with Crippen LogP contribution in [0.3, 0.4) is 0 Å². The zero-order valence-electron chi connectivity index (χ0n) is 12.3. The standard InChI is InChI=1S/C16H15ClFN3O2/c1-19-15(22)11-4-2-10(3-5-11)9-20-16(23)21-14-7-6-12(18)8-13(14)17/h2-8H,9H2,1H3,(H,19,22)(H2,20,21,23). The topological polar surface area (TPSA) is 70.2 Å². The van der Waals surface area contributed by atoms with Gasteiger partial charge in [0.15, 0.2) is 0 Å². The van der Waals surface area contributed by atoms with Crippen molar-refractivity contribution in [2.24, 2.45) is 0 Å². The van der Waals surface area contributed by atoms with Crippen LogP contribution in [-0.4, -0.2) is 19.0 Å². The molecular weight excluding hydrogens is 321 g/mol.